The molecule has 1 aromatic rings. The van der Waals surface area contributed by atoms with Gasteiger partial charge in [0.25, 0.3) is 5.91 Å². The lowest BCUT2D eigenvalue weighted by atomic mass is 10.1. The smallest absolute Gasteiger partial charge is 0.336 e. The molecule has 3 nitrogen and oxygen atoms in total. The summed E-state index contributed by atoms with van der Waals surface area (Å²) in [6, 6.07) is 1.71. The van der Waals surface area contributed by atoms with Gasteiger partial charge in [-0.1, -0.05) is 0 Å². The normalized spacial score (nSPS) is 22.7. The second-order valence-corrected chi connectivity index (χ2v) is 5.34. The van der Waals surface area contributed by atoms with Crippen LogP contribution in [-0.4, -0.2) is 29.9 Å². The molecule has 2 N–H and O–H groups in total. The zero-order chi connectivity index (χ0) is 15.8. The number of carbonyl (C=O) groups is 1. The average molecular weight is 304 g/mol. The molecule has 1 saturated heterocycles. The Hall–Kier alpha value is -1.63. The molecule has 1 amide bonds. The molecule has 2 rings (SSSR count). The lowest BCUT2D eigenvalue weighted by Gasteiger charge is -2.22. The summed E-state index contributed by atoms with van der Waals surface area (Å²) in [6.07, 6.45) is -3.94. The molecule has 1 aliphatic heterocycles. The molecule has 1 fully saturated rings. The van der Waals surface area contributed by atoms with E-state index in [9.17, 15) is 22.4 Å². The number of nitrogens with zero attached hydrogens (tertiary/aromatic N) is 1. The fraction of sp³-hybridized carbons (Fsp3) is 0.500. The van der Waals surface area contributed by atoms with Crippen molar-refractivity contribution in [3.8, 4) is 0 Å². The van der Waals surface area contributed by atoms with Gasteiger partial charge in [-0.2, -0.15) is 13.2 Å². The van der Waals surface area contributed by atoms with E-state index in [0.717, 1.165) is 0 Å². The third-order valence-electron chi connectivity index (χ3n) is 3.78. The minimum absolute atomic E-state index is 0.0952. The quantitative estimate of drug-likeness (QED) is 0.854. The monoisotopic (exact) mass is 304 g/mol. The Morgan fingerprint density at radius 1 is 1.43 bits per heavy atom. The van der Waals surface area contributed by atoms with Crippen LogP contribution in [0.3, 0.4) is 0 Å². The van der Waals surface area contributed by atoms with Crippen molar-refractivity contribution in [1.82, 2.24) is 4.90 Å². The third-order valence-corrected chi connectivity index (χ3v) is 3.78. The molecule has 116 valence electrons. The fourth-order valence-corrected chi connectivity index (χ4v) is 2.62. The molecule has 21 heavy (non-hydrogen) atoms. The van der Waals surface area contributed by atoms with Gasteiger partial charge >= 0.3 is 6.18 Å². The molecule has 0 bridgehead atoms. The summed E-state index contributed by atoms with van der Waals surface area (Å²) in [5.74, 6) is -1.57. The summed E-state index contributed by atoms with van der Waals surface area (Å²) in [7, 11) is 0. The molecule has 2 atom stereocenters. The van der Waals surface area contributed by atoms with Crippen LogP contribution in [-0.2, 0) is 6.18 Å². The number of hydrogen-bond acceptors (Lipinski definition) is 2. The number of carbonyl (C=O) groups excluding carboxylic acids is 1. The lowest BCUT2D eigenvalue weighted by Crippen LogP contribution is -2.35. The Kier molecular flexibility index (Phi) is 4.22. The molecule has 7 heteroatoms. The van der Waals surface area contributed by atoms with Crippen molar-refractivity contribution < 1.29 is 22.4 Å². The molecular formula is C14H16F4N2O. The number of likely N-dealkylation sites (tertiary alicyclic amines) is 1. The van der Waals surface area contributed by atoms with E-state index in [1.165, 1.54) is 4.90 Å². The Balaban J connectivity index is 2.31. The van der Waals surface area contributed by atoms with Crippen molar-refractivity contribution in [3.63, 3.8) is 0 Å². The summed E-state index contributed by atoms with van der Waals surface area (Å²) < 4.78 is 51.7. The maximum Gasteiger partial charge on any atom is 0.416 e. The molecule has 0 aliphatic carbocycles. The zero-order valence-corrected chi connectivity index (χ0v) is 11.5. The molecule has 1 heterocycles. The predicted molar refractivity (Wildman–Crippen MR) is 69.1 cm³/mol. The standard InChI is InChI=1S/C14H16F4N2O/c1-8-4-9(6-19)7-20(8)13(21)11-5-10(14(16,17)18)2-3-12(11)15/h2-3,5,8-9H,4,6-7,19H2,1H3. The maximum absolute atomic E-state index is 13.7. The minimum Gasteiger partial charge on any atom is -0.336 e. The number of halogens is 4. The van der Waals surface area contributed by atoms with Crippen molar-refractivity contribution in [3.05, 3.63) is 35.1 Å². The Morgan fingerprint density at radius 3 is 2.62 bits per heavy atom. The van der Waals surface area contributed by atoms with Crippen molar-refractivity contribution in [2.45, 2.75) is 25.6 Å². The first-order valence-electron chi connectivity index (χ1n) is 6.61. The van der Waals surface area contributed by atoms with Crippen molar-refractivity contribution in [2.75, 3.05) is 13.1 Å². The summed E-state index contributed by atoms with van der Waals surface area (Å²) in [6.45, 7) is 2.50. The third kappa shape index (κ3) is 3.18. The molecule has 0 aromatic heterocycles. The SMILES string of the molecule is CC1CC(CN)CN1C(=O)c1cc(C(F)(F)F)ccc1F. The van der Waals surface area contributed by atoms with Gasteiger partial charge in [0.2, 0.25) is 0 Å². The van der Waals surface area contributed by atoms with Crippen molar-refractivity contribution in [2.24, 2.45) is 11.7 Å². The van der Waals surface area contributed by atoms with Gasteiger partial charge in [-0.3, -0.25) is 4.79 Å². The van der Waals surface area contributed by atoms with Gasteiger partial charge in [0, 0.05) is 12.6 Å². The minimum atomic E-state index is -4.61. The average Bonchev–Trinajstić information content (AvgIpc) is 2.78. The molecular weight excluding hydrogens is 288 g/mol. The van der Waals surface area contributed by atoms with Crippen LogP contribution < -0.4 is 5.73 Å². The Labute approximate surface area is 119 Å². The van der Waals surface area contributed by atoms with Gasteiger partial charge in [0.15, 0.2) is 0 Å². The Bertz CT molecular complexity index is 544. The van der Waals surface area contributed by atoms with Crippen LogP contribution in [0, 0.1) is 11.7 Å². The number of alkyl halides is 3. The van der Waals surface area contributed by atoms with E-state index in [4.69, 9.17) is 5.73 Å². The van der Waals surface area contributed by atoms with Crippen LogP contribution in [0.4, 0.5) is 17.6 Å². The van der Waals surface area contributed by atoms with E-state index in [1.54, 1.807) is 6.92 Å². The molecule has 1 aliphatic rings. The summed E-state index contributed by atoms with van der Waals surface area (Å²) >= 11 is 0. The number of benzene rings is 1. The van der Waals surface area contributed by atoms with Gasteiger partial charge in [0.05, 0.1) is 11.1 Å². The van der Waals surface area contributed by atoms with E-state index in [-0.39, 0.29) is 12.0 Å². The van der Waals surface area contributed by atoms with Gasteiger partial charge < -0.3 is 10.6 Å². The molecule has 2 unspecified atom stereocenters. The second-order valence-electron chi connectivity index (χ2n) is 5.34. The number of nitrogens with two attached hydrogens (primary N) is 1. The lowest BCUT2D eigenvalue weighted by molar-refractivity contribution is -0.137. The van der Waals surface area contributed by atoms with Gasteiger partial charge in [-0.15, -0.1) is 0 Å². The highest BCUT2D eigenvalue weighted by atomic mass is 19.4. The number of hydrogen-bond donors (Lipinski definition) is 1. The first kappa shape index (κ1) is 15.8. The van der Waals surface area contributed by atoms with E-state index in [2.05, 4.69) is 0 Å². The first-order chi connectivity index (χ1) is 9.74. The number of rotatable bonds is 2. The summed E-state index contributed by atoms with van der Waals surface area (Å²) in [5, 5.41) is 0. The second kappa shape index (κ2) is 5.63. The van der Waals surface area contributed by atoms with Gasteiger partial charge in [-0.05, 0) is 44.0 Å². The highest BCUT2D eigenvalue weighted by Crippen LogP contribution is 2.31. The van der Waals surface area contributed by atoms with Crippen molar-refractivity contribution >= 4 is 5.91 Å². The van der Waals surface area contributed by atoms with Crippen LogP contribution in [0.25, 0.3) is 0 Å². The predicted octanol–water partition coefficient (Wildman–Crippen LogP) is 2.65. The van der Waals surface area contributed by atoms with E-state index in [0.29, 0.717) is 37.7 Å². The maximum atomic E-state index is 13.7. The highest BCUT2D eigenvalue weighted by molar-refractivity contribution is 5.95. The van der Waals surface area contributed by atoms with E-state index < -0.39 is 29.0 Å². The summed E-state index contributed by atoms with van der Waals surface area (Å²) in [4.78, 5) is 13.7. The Morgan fingerprint density at radius 2 is 2.10 bits per heavy atom. The van der Waals surface area contributed by atoms with Crippen LogP contribution in [0.15, 0.2) is 18.2 Å². The first-order valence-corrected chi connectivity index (χ1v) is 6.61. The van der Waals surface area contributed by atoms with E-state index >= 15 is 0 Å². The highest BCUT2D eigenvalue weighted by Gasteiger charge is 2.36. The van der Waals surface area contributed by atoms with Crippen LogP contribution in [0.1, 0.15) is 29.3 Å². The van der Waals surface area contributed by atoms with Crippen LogP contribution in [0.2, 0.25) is 0 Å². The van der Waals surface area contributed by atoms with Gasteiger partial charge in [-0.25, -0.2) is 4.39 Å². The molecule has 0 radical (unpaired) electrons. The fourth-order valence-electron chi connectivity index (χ4n) is 2.62. The topological polar surface area (TPSA) is 46.3 Å². The molecule has 1 aromatic carbocycles. The van der Waals surface area contributed by atoms with Crippen LogP contribution in [0.5, 0.6) is 0 Å². The summed E-state index contributed by atoms with van der Waals surface area (Å²) in [5.41, 5.74) is 3.97. The molecule has 0 saturated carbocycles. The van der Waals surface area contributed by atoms with Crippen molar-refractivity contribution in [1.29, 1.82) is 0 Å². The van der Waals surface area contributed by atoms with Crippen LogP contribution >= 0.6 is 0 Å². The zero-order valence-electron chi connectivity index (χ0n) is 11.5. The number of amides is 1. The molecule has 0 spiro atoms. The largest absolute Gasteiger partial charge is 0.416 e. The van der Waals surface area contributed by atoms with E-state index in [1.807, 2.05) is 0 Å². The van der Waals surface area contributed by atoms with Gasteiger partial charge in [0.1, 0.15) is 5.82 Å².